The molecule has 5 aliphatic rings. The summed E-state index contributed by atoms with van der Waals surface area (Å²) in [7, 11) is 0. The van der Waals surface area contributed by atoms with E-state index in [0.717, 1.165) is 50.7 Å². The highest BCUT2D eigenvalue weighted by Gasteiger charge is 2.63. The molecule has 0 aromatic rings. The third-order valence-corrected chi connectivity index (χ3v) is 9.93. The van der Waals surface area contributed by atoms with Gasteiger partial charge >= 0.3 is 5.97 Å². The largest absolute Gasteiger partial charge is 0.383 e. The van der Waals surface area contributed by atoms with E-state index in [0.29, 0.717) is 29.2 Å². The van der Waals surface area contributed by atoms with Gasteiger partial charge in [0.2, 0.25) is 6.61 Å². The molecule has 6 atom stereocenters. The van der Waals surface area contributed by atoms with Gasteiger partial charge in [-0.05, 0) is 80.6 Å². The van der Waals surface area contributed by atoms with Gasteiger partial charge in [-0.2, -0.15) is 0 Å². The van der Waals surface area contributed by atoms with Crippen molar-refractivity contribution in [1.29, 1.82) is 0 Å². The molecule has 1 heterocycles. The van der Waals surface area contributed by atoms with E-state index in [1.54, 1.807) is 0 Å². The Morgan fingerprint density at radius 2 is 1.83 bits per heavy atom. The number of oxime groups is 1. The number of hydrogen-bond donors (Lipinski definition) is 1. The van der Waals surface area contributed by atoms with E-state index >= 15 is 0 Å². The fourth-order valence-electron chi connectivity index (χ4n) is 7.85. The number of carbonyl (C=O) groups is 3. The summed E-state index contributed by atoms with van der Waals surface area (Å²) < 4.78 is 0. The van der Waals surface area contributed by atoms with E-state index in [9.17, 15) is 19.5 Å². The number of nitrogens with zero attached hydrogens (tertiary/aromatic N) is 2. The lowest BCUT2D eigenvalue weighted by atomic mass is 9.46. The number of carbonyl (C=O) groups excluding carboxylic acids is 3. The van der Waals surface area contributed by atoms with Crippen LogP contribution in [-0.2, 0) is 24.1 Å². The molecule has 0 aromatic heterocycles. The van der Waals surface area contributed by atoms with E-state index in [2.05, 4.69) is 31.0 Å². The standard InChI is InChI=1S/C27H34N2O6/c1-4-27(33)14-11-21-19-6-5-17-15-18(9-12-25(17,2)20(19)10-13-26(21,27)3)28-34-16-24(32)35-29-22(30)7-8-23(29)31/h1,15,19-21,33H,5-14,16H2,2-3H3/b28-18+/t19?,20?,21?,25?,26?,27-/m1/s1. The van der Waals surface area contributed by atoms with Gasteiger partial charge in [-0.15, -0.1) is 11.5 Å². The summed E-state index contributed by atoms with van der Waals surface area (Å²) in [6.07, 6.45) is 15.5. The molecule has 3 saturated carbocycles. The molecule has 4 aliphatic carbocycles. The Morgan fingerprint density at radius 1 is 1.11 bits per heavy atom. The van der Waals surface area contributed by atoms with E-state index < -0.39 is 30.0 Å². The van der Waals surface area contributed by atoms with Crippen LogP contribution in [0.2, 0.25) is 0 Å². The fourth-order valence-corrected chi connectivity index (χ4v) is 7.85. The summed E-state index contributed by atoms with van der Waals surface area (Å²) in [4.78, 5) is 45.1. The minimum Gasteiger partial charge on any atom is -0.383 e. The second kappa shape index (κ2) is 8.48. The van der Waals surface area contributed by atoms with Crippen molar-refractivity contribution in [2.75, 3.05) is 6.61 Å². The zero-order valence-electron chi connectivity index (χ0n) is 20.5. The maximum absolute atomic E-state index is 11.9. The average Bonchev–Trinajstić information content (AvgIpc) is 3.29. The van der Waals surface area contributed by atoms with Gasteiger partial charge in [-0.1, -0.05) is 30.5 Å². The lowest BCUT2D eigenvalue weighted by molar-refractivity contribution is -0.200. The normalized spacial score (nSPS) is 41.5. The van der Waals surface area contributed by atoms with Gasteiger partial charge in [0.1, 0.15) is 5.60 Å². The summed E-state index contributed by atoms with van der Waals surface area (Å²) in [5.74, 6) is 2.46. The van der Waals surface area contributed by atoms with Gasteiger partial charge in [0.15, 0.2) is 0 Å². The van der Waals surface area contributed by atoms with Crippen LogP contribution in [0.5, 0.6) is 0 Å². The van der Waals surface area contributed by atoms with E-state index in [1.165, 1.54) is 5.57 Å². The molecule has 8 heteroatoms. The lowest BCUT2D eigenvalue weighted by Crippen LogP contribution is -2.54. The smallest absolute Gasteiger partial charge is 0.373 e. The maximum Gasteiger partial charge on any atom is 0.373 e. The van der Waals surface area contributed by atoms with Crippen molar-refractivity contribution in [3.8, 4) is 12.3 Å². The zero-order chi connectivity index (χ0) is 25.0. The van der Waals surface area contributed by atoms with Crippen LogP contribution in [0.1, 0.15) is 78.1 Å². The van der Waals surface area contributed by atoms with Crippen molar-refractivity contribution in [3.05, 3.63) is 11.6 Å². The number of rotatable bonds is 4. The Balaban J connectivity index is 1.23. The molecule has 8 nitrogen and oxygen atoms in total. The lowest BCUT2D eigenvalue weighted by Gasteiger charge is -2.58. The highest BCUT2D eigenvalue weighted by molar-refractivity contribution is 6.01. The van der Waals surface area contributed by atoms with Crippen molar-refractivity contribution in [2.45, 2.75) is 83.7 Å². The molecule has 0 bridgehead atoms. The van der Waals surface area contributed by atoms with Crippen molar-refractivity contribution in [3.63, 3.8) is 0 Å². The predicted octanol–water partition coefficient (Wildman–Crippen LogP) is 3.29. The van der Waals surface area contributed by atoms with Gasteiger partial charge in [0, 0.05) is 18.3 Å². The molecule has 5 unspecified atom stereocenters. The monoisotopic (exact) mass is 482 g/mol. The highest BCUT2D eigenvalue weighted by Crippen LogP contribution is 2.67. The first-order valence-corrected chi connectivity index (χ1v) is 12.8. The van der Waals surface area contributed by atoms with Crippen molar-refractivity contribution in [2.24, 2.45) is 33.7 Å². The van der Waals surface area contributed by atoms with Crippen LogP contribution in [0.4, 0.5) is 0 Å². The Kier molecular flexibility index (Phi) is 5.83. The SMILES string of the molecule is C#C[C@@]1(O)CCC2C3CCC4=C/C(=N/OCC(=O)ON5C(=O)CCC5=O)CCC4(C)C3CCC21C. The molecule has 1 saturated heterocycles. The Hall–Kier alpha value is -2.66. The number of allylic oxidation sites excluding steroid dienone is 2. The van der Waals surface area contributed by atoms with E-state index in [-0.39, 0.29) is 23.7 Å². The first kappa shape index (κ1) is 24.1. The molecule has 0 aromatic carbocycles. The number of hydroxylamine groups is 2. The third kappa shape index (κ3) is 3.70. The molecular formula is C27H34N2O6. The third-order valence-electron chi connectivity index (χ3n) is 9.93. The second-order valence-corrected chi connectivity index (χ2v) is 11.4. The summed E-state index contributed by atoms with van der Waals surface area (Å²) >= 11 is 0. The van der Waals surface area contributed by atoms with Crippen molar-refractivity contribution in [1.82, 2.24) is 5.06 Å². The van der Waals surface area contributed by atoms with E-state index in [1.807, 2.05) is 0 Å². The van der Waals surface area contributed by atoms with Crippen LogP contribution < -0.4 is 0 Å². The predicted molar refractivity (Wildman–Crippen MR) is 126 cm³/mol. The number of aliphatic hydroxyl groups is 1. The average molecular weight is 483 g/mol. The van der Waals surface area contributed by atoms with Gasteiger partial charge in [0.05, 0.1) is 5.71 Å². The Morgan fingerprint density at radius 3 is 2.54 bits per heavy atom. The summed E-state index contributed by atoms with van der Waals surface area (Å²) in [5.41, 5.74) is 1.08. The summed E-state index contributed by atoms with van der Waals surface area (Å²) in [6, 6.07) is 0. The van der Waals surface area contributed by atoms with Crippen LogP contribution in [0.25, 0.3) is 0 Å². The molecule has 2 amide bonds. The Bertz CT molecular complexity index is 1040. The first-order chi connectivity index (χ1) is 16.6. The molecule has 1 aliphatic heterocycles. The van der Waals surface area contributed by atoms with Crippen molar-refractivity contribution >= 4 is 23.5 Å². The number of hydrogen-bond acceptors (Lipinski definition) is 7. The van der Waals surface area contributed by atoms with Crippen LogP contribution in [0.15, 0.2) is 16.8 Å². The number of fused-ring (bicyclic) bond motifs is 5. The summed E-state index contributed by atoms with van der Waals surface area (Å²) in [6.45, 7) is 4.11. The molecular weight excluding hydrogens is 448 g/mol. The first-order valence-electron chi connectivity index (χ1n) is 12.8. The van der Waals surface area contributed by atoms with E-state index in [4.69, 9.17) is 16.1 Å². The van der Waals surface area contributed by atoms with Crippen LogP contribution >= 0.6 is 0 Å². The molecule has 4 fully saturated rings. The Labute approximate surface area is 206 Å². The highest BCUT2D eigenvalue weighted by atomic mass is 16.7. The number of imide groups is 1. The zero-order valence-corrected chi connectivity index (χ0v) is 20.5. The van der Waals surface area contributed by atoms with Crippen LogP contribution in [-0.4, -0.2) is 45.9 Å². The quantitative estimate of drug-likeness (QED) is 0.375. The van der Waals surface area contributed by atoms with Crippen LogP contribution in [0, 0.1) is 40.9 Å². The minimum atomic E-state index is -0.986. The minimum absolute atomic E-state index is 0.0498. The van der Waals surface area contributed by atoms with Crippen molar-refractivity contribution < 1.29 is 29.2 Å². The van der Waals surface area contributed by atoms with Gasteiger partial charge in [-0.3, -0.25) is 9.59 Å². The molecule has 5 rings (SSSR count). The molecule has 1 N–H and O–H groups in total. The number of amides is 2. The van der Waals surface area contributed by atoms with Gasteiger partial charge in [-0.25, -0.2) is 4.79 Å². The maximum atomic E-state index is 11.9. The second-order valence-electron chi connectivity index (χ2n) is 11.4. The number of terminal acetylenes is 1. The van der Waals surface area contributed by atoms with Crippen LogP contribution in [0.3, 0.4) is 0 Å². The summed E-state index contributed by atoms with van der Waals surface area (Å²) in [5, 5.41) is 15.8. The van der Waals surface area contributed by atoms with Gasteiger partial charge < -0.3 is 14.8 Å². The molecule has 188 valence electrons. The fraction of sp³-hybridized carbons (Fsp3) is 0.704. The molecule has 0 radical (unpaired) electrons. The van der Waals surface area contributed by atoms with Gasteiger partial charge in [0.25, 0.3) is 11.8 Å². The molecule has 0 spiro atoms. The topological polar surface area (TPSA) is 106 Å². The molecule has 35 heavy (non-hydrogen) atoms.